The number of hydrogen-bond acceptors (Lipinski definition) is 2. The van der Waals surface area contributed by atoms with Crippen LogP contribution in [0.2, 0.25) is 0 Å². The lowest BCUT2D eigenvalue weighted by molar-refractivity contribution is -0.148. The molecule has 0 saturated heterocycles. The number of halogens is 3. The third kappa shape index (κ3) is 5.59. The summed E-state index contributed by atoms with van der Waals surface area (Å²) in [4.78, 5) is 11.4. The van der Waals surface area contributed by atoms with Crippen LogP contribution in [0.1, 0.15) is 31.9 Å². The molecule has 1 rings (SSSR count). The summed E-state index contributed by atoms with van der Waals surface area (Å²) in [5.74, 6) is -0.535. The second-order valence-corrected chi connectivity index (χ2v) is 4.99. The van der Waals surface area contributed by atoms with E-state index < -0.39 is 23.3 Å². The molecule has 2 nitrogen and oxygen atoms in total. The van der Waals surface area contributed by atoms with Gasteiger partial charge in [0, 0.05) is 6.08 Å². The highest BCUT2D eigenvalue weighted by molar-refractivity contribution is 5.87. The van der Waals surface area contributed by atoms with Crippen molar-refractivity contribution in [2.75, 3.05) is 0 Å². The topological polar surface area (TPSA) is 26.3 Å². The molecular formula is C14H15F3O2. The standard InChI is InChI=1S/C14H15F3O2/c1-13(2,3)19-12(18)9-6-10-4-7-11(8-5-10)14(15,16)17/h4-9H,1-3H3. The van der Waals surface area contributed by atoms with Crippen molar-refractivity contribution < 1.29 is 22.7 Å². The van der Waals surface area contributed by atoms with Crippen LogP contribution in [0.5, 0.6) is 0 Å². The van der Waals surface area contributed by atoms with E-state index in [2.05, 4.69) is 0 Å². The van der Waals surface area contributed by atoms with Crippen molar-refractivity contribution in [1.82, 2.24) is 0 Å². The van der Waals surface area contributed by atoms with Gasteiger partial charge < -0.3 is 4.74 Å². The second kappa shape index (κ2) is 5.47. The predicted molar refractivity (Wildman–Crippen MR) is 66.3 cm³/mol. The average Bonchev–Trinajstić information content (AvgIpc) is 2.23. The van der Waals surface area contributed by atoms with Crippen molar-refractivity contribution >= 4 is 12.0 Å². The van der Waals surface area contributed by atoms with Gasteiger partial charge in [0.2, 0.25) is 0 Å². The number of hydrogen-bond donors (Lipinski definition) is 0. The van der Waals surface area contributed by atoms with Crippen molar-refractivity contribution in [2.24, 2.45) is 0 Å². The zero-order valence-corrected chi connectivity index (χ0v) is 10.9. The first-order valence-electron chi connectivity index (χ1n) is 5.66. The van der Waals surface area contributed by atoms with E-state index in [1.54, 1.807) is 20.8 Å². The Morgan fingerprint density at radius 1 is 1.11 bits per heavy atom. The molecule has 0 aliphatic heterocycles. The first kappa shape index (κ1) is 15.3. The highest BCUT2D eigenvalue weighted by atomic mass is 19.4. The maximum atomic E-state index is 12.3. The lowest BCUT2D eigenvalue weighted by atomic mass is 10.1. The third-order valence-corrected chi connectivity index (χ3v) is 2.06. The highest BCUT2D eigenvalue weighted by Crippen LogP contribution is 2.29. The molecule has 0 aromatic heterocycles. The number of rotatable bonds is 2. The van der Waals surface area contributed by atoms with Gasteiger partial charge in [-0.2, -0.15) is 13.2 Å². The first-order valence-corrected chi connectivity index (χ1v) is 5.66. The molecule has 1 aromatic carbocycles. The van der Waals surface area contributed by atoms with Gasteiger partial charge in [-0.3, -0.25) is 0 Å². The Labute approximate surface area is 109 Å². The molecule has 19 heavy (non-hydrogen) atoms. The molecule has 1 aromatic rings. The van der Waals surface area contributed by atoms with Crippen molar-refractivity contribution in [2.45, 2.75) is 32.5 Å². The van der Waals surface area contributed by atoms with Crippen LogP contribution in [0.25, 0.3) is 6.08 Å². The molecule has 0 bridgehead atoms. The van der Waals surface area contributed by atoms with E-state index in [0.717, 1.165) is 12.1 Å². The van der Waals surface area contributed by atoms with Gasteiger partial charge in [-0.1, -0.05) is 12.1 Å². The largest absolute Gasteiger partial charge is 0.457 e. The predicted octanol–water partition coefficient (Wildman–Crippen LogP) is 4.06. The molecule has 0 N–H and O–H groups in total. The Morgan fingerprint density at radius 3 is 2.05 bits per heavy atom. The van der Waals surface area contributed by atoms with Gasteiger partial charge >= 0.3 is 12.1 Å². The summed E-state index contributed by atoms with van der Waals surface area (Å²) in [6.45, 7) is 5.20. The van der Waals surface area contributed by atoms with Crippen molar-refractivity contribution in [3.8, 4) is 0 Å². The van der Waals surface area contributed by atoms with E-state index >= 15 is 0 Å². The fourth-order valence-electron chi connectivity index (χ4n) is 1.28. The fourth-order valence-corrected chi connectivity index (χ4v) is 1.28. The molecule has 0 unspecified atom stereocenters. The lowest BCUT2D eigenvalue weighted by Gasteiger charge is -2.17. The summed E-state index contributed by atoms with van der Waals surface area (Å²) in [6, 6.07) is 4.52. The molecule has 0 amide bonds. The van der Waals surface area contributed by atoms with E-state index in [-0.39, 0.29) is 0 Å². The van der Waals surface area contributed by atoms with Crippen molar-refractivity contribution in [3.05, 3.63) is 41.5 Å². The maximum Gasteiger partial charge on any atom is 0.416 e. The summed E-state index contributed by atoms with van der Waals surface area (Å²) >= 11 is 0. The number of carbonyl (C=O) groups excluding carboxylic acids is 1. The quantitative estimate of drug-likeness (QED) is 0.599. The Hall–Kier alpha value is -1.78. The van der Waals surface area contributed by atoms with Gasteiger partial charge in [-0.05, 0) is 44.5 Å². The van der Waals surface area contributed by atoms with Crippen LogP contribution in [-0.4, -0.2) is 11.6 Å². The van der Waals surface area contributed by atoms with E-state index in [4.69, 9.17) is 4.74 Å². The summed E-state index contributed by atoms with van der Waals surface area (Å²) < 4.78 is 42.0. The van der Waals surface area contributed by atoms with Gasteiger partial charge in [0.05, 0.1) is 5.56 Å². The zero-order valence-electron chi connectivity index (χ0n) is 10.9. The van der Waals surface area contributed by atoms with E-state index in [9.17, 15) is 18.0 Å². The molecule has 5 heteroatoms. The molecule has 0 spiro atoms. The van der Waals surface area contributed by atoms with Crippen LogP contribution < -0.4 is 0 Å². The Kier molecular flexibility index (Phi) is 4.39. The molecule has 0 atom stereocenters. The van der Waals surface area contributed by atoms with Gasteiger partial charge in [-0.25, -0.2) is 4.79 Å². The molecule has 0 fully saturated rings. The Balaban J connectivity index is 2.71. The number of esters is 1. The van der Waals surface area contributed by atoms with E-state index in [1.165, 1.54) is 24.3 Å². The summed E-state index contributed by atoms with van der Waals surface area (Å²) in [6.07, 6.45) is -1.75. The van der Waals surface area contributed by atoms with Gasteiger partial charge in [-0.15, -0.1) is 0 Å². The molecule has 0 aliphatic carbocycles. The van der Waals surface area contributed by atoms with Gasteiger partial charge in [0.25, 0.3) is 0 Å². The molecule has 0 heterocycles. The van der Waals surface area contributed by atoms with Crippen LogP contribution in [0.15, 0.2) is 30.3 Å². The highest BCUT2D eigenvalue weighted by Gasteiger charge is 2.29. The minimum Gasteiger partial charge on any atom is -0.457 e. The van der Waals surface area contributed by atoms with Gasteiger partial charge in [0.15, 0.2) is 0 Å². The van der Waals surface area contributed by atoms with E-state index in [1.807, 2.05) is 0 Å². The lowest BCUT2D eigenvalue weighted by Crippen LogP contribution is -2.22. The maximum absolute atomic E-state index is 12.3. The smallest absolute Gasteiger partial charge is 0.416 e. The number of carbonyl (C=O) groups is 1. The summed E-state index contributed by atoms with van der Waals surface area (Å²) in [5, 5.41) is 0. The SMILES string of the molecule is CC(C)(C)OC(=O)C=Cc1ccc(C(F)(F)F)cc1. The fraction of sp³-hybridized carbons (Fsp3) is 0.357. The van der Waals surface area contributed by atoms with E-state index in [0.29, 0.717) is 5.56 Å². The van der Waals surface area contributed by atoms with Crippen LogP contribution in [0.4, 0.5) is 13.2 Å². The normalized spacial score (nSPS) is 12.7. The van der Waals surface area contributed by atoms with Crippen LogP contribution in [-0.2, 0) is 15.7 Å². The minimum absolute atomic E-state index is 0.499. The third-order valence-electron chi connectivity index (χ3n) is 2.06. The average molecular weight is 272 g/mol. The van der Waals surface area contributed by atoms with Gasteiger partial charge in [0.1, 0.15) is 5.60 Å². The van der Waals surface area contributed by atoms with Crippen LogP contribution >= 0.6 is 0 Å². The molecule has 0 radical (unpaired) electrons. The minimum atomic E-state index is -4.35. The zero-order chi connectivity index (χ0) is 14.7. The van der Waals surface area contributed by atoms with Crippen molar-refractivity contribution in [1.29, 1.82) is 0 Å². The number of ether oxygens (including phenoxy) is 1. The first-order chi connectivity index (χ1) is 8.58. The number of benzene rings is 1. The summed E-state index contributed by atoms with van der Waals surface area (Å²) in [7, 11) is 0. The Morgan fingerprint density at radius 2 is 1.63 bits per heavy atom. The monoisotopic (exact) mass is 272 g/mol. The molecule has 0 saturated carbocycles. The number of alkyl halides is 3. The summed E-state index contributed by atoms with van der Waals surface area (Å²) in [5.41, 5.74) is -0.817. The van der Waals surface area contributed by atoms with Crippen LogP contribution in [0.3, 0.4) is 0 Å². The molecular weight excluding hydrogens is 257 g/mol. The Bertz CT molecular complexity index is 465. The molecule has 0 aliphatic rings. The second-order valence-electron chi connectivity index (χ2n) is 4.99. The van der Waals surface area contributed by atoms with Crippen LogP contribution in [0, 0.1) is 0 Å². The molecule has 104 valence electrons. The van der Waals surface area contributed by atoms with Crippen molar-refractivity contribution in [3.63, 3.8) is 0 Å².